The lowest BCUT2D eigenvalue weighted by atomic mass is 10.2. The summed E-state index contributed by atoms with van der Waals surface area (Å²) in [6.45, 7) is 2.00. The molecule has 0 unspecified atom stereocenters. The lowest BCUT2D eigenvalue weighted by Gasteiger charge is -2.10. The lowest BCUT2D eigenvalue weighted by molar-refractivity contribution is 0.0977. The van der Waals surface area contributed by atoms with Crippen molar-refractivity contribution in [2.75, 3.05) is 12.4 Å². The van der Waals surface area contributed by atoms with E-state index in [4.69, 9.17) is 28.6 Å². The Labute approximate surface area is 139 Å². The first-order valence-corrected chi connectivity index (χ1v) is 7.31. The topological polar surface area (TPSA) is 50.4 Å². The number of carbonyl (C=O) groups excluding carboxylic acids is 1. The number of carbonyl (C=O) groups is 1. The quantitative estimate of drug-likeness (QED) is 0.839. The Balaban J connectivity index is 2.00. The van der Waals surface area contributed by atoms with Crippen LogP contribution in [0, 0.1) is 6.92 Å². The summed E-state index contributed by atoms with van der Waals surface area (Å²) in [5.74, 6) is 0.174. The van der Waals surface area contributed by atoms with Crippen LogP contribution in [0.5, 0.6) is 5.75 Å². The van der Waals surface area contributed by atoms with Gasteiger partial charge in [-0.1, -0.05) is 29.3 Å². The fraction of sp³-hybridized carbons (Fsp3) is 0.125. The molecule has 0 radical (unpaired) electrons. The van der Waals surface area contributed by atoms with Gasteiger partial charge in [0.2, 0.25) is 0 Å². The van der Waals surface area contributed by atoms with Crippen LogP contribution in [0.1, 0.15) is 15.9 Å². The van der Waals surface area contributed by atoms with Crippen LogP contribution in [0.2, 0.25) is 5.02 Å². The van der Waals surface area contributed by atoms with Gasteiger partial charge in [0.1, 0.15) is 5.75 Å². The molecule has 0 bridgehead atoms. The molecular weight excluding hydrogens is 320 g/mol. The van der Waals surface area contributed by atoms with Crippen LogP contribution < -0.4 is 15.4 Å². The fourth-order valence-electron chi connectivity index (χ4n) is 1.78. The van der Waals surface area contributed by atoms with Crippen LogP contribution in [0.4, 0.5) is 5.69 Å². The van der Waals surface area contributed by atoms with Gasteiger partial charge in [0.05, 0.1) is 12.1 Å². The van der Waals surface area contributed by atoms with E-state index in [-0.39, 0.29) is 11.0 Å². The number of methoxy groups -OCH3 is 1. The molecule has 2 aromatic carbocycles. The molecule has 0 aliphatic rings. The molecule has 2 aromatic rings. The standard InChI is InChI=1S/C16H15ClN2O2S/c1-10-3-6-12(7-4-10)18-16(22)19-15(20)11-5-8-14(21-2)13(17)9-11/h3-9H,1-2H3,(H2,18,19,20,22). The molecule has 0 atom stereocenters. The van der Waals surface area contributed by atoms with Crippen molar-refractivity contribution in [2.24, 2.45) is 0 Å². The van der Waals surface area contributed by atoms with E-state index in [1.54, 1.807) is 12.1 Å². The molecule has 0 spiro atoms. The van der Waals surface area contributed by atoms with Crippen LogP contribution >= 0.6 is 23.8 Å². The Kier molecular flexibility index (Phi) is 5.35. The molecule has 0 aromatic heterocycles. The van der Waals surface area contributed by atoms with Crippen LogP contribution in [0.3, 0.4) is 0 Å². The molecule has 2 rings (SSSR count). The van der Waals surface area contributed by atoms with E-state index in [9.17, 15) is 4.79 Å². The number of amides is 1. The van der Waals surface area contributed by atoms with E-state index < -0.39 is 0 Å². The van der Waals surface area contributed by atoms with Crippen molar-refractivity contribution in [3.63, 3.8) is 0 Å². The summed E-state index contributed by atoms with van der Waals surface area (Å²) in [7, 11) is 1.52. The molecule has 2 N–H and O–H groups in total. The van der Waals surface area contributed by atoms with E-state index in [0.29, 0.717) is 16.3 Å². The number of benzene rings is 2. The second-order valence-corrected chi connectivity index (χ2v) is 5.44. The fourth-order valence-corrected chi connectivity index (χ4v) is 2.25. The van der Waals surface area contributed by atoms with Gasteiger partial charge in [0.25, 0.3) is 5.91 Å². The summed E-state index contributed by atoms with van der Waals surface area (Å²) >= 11 is 11.1. The Morgan fingerprint density at radius 2 is 1.86 bits per heavy atom. The van der Waals surface area contributed by atoms with Gasteiger partial charge in [-0.2, -0.15) is 0 Å². The molecule has 0 aliphatic heterocycles. The van der Waals surface area contributed by atoms with Gasteiger partial charge < -0.3 is 10.1 Å². The Morgan fingerprint density at radius 1 is 1.18 bits per heavy atom. The number of rotatable bonds is 3. The molecule has 22 heavy (non-hydrogen) atoms. The largest absolute Gasteiger partial charge is 0.495 e. The summed E-state index contributed by atoms with van der Waals surface area (Å²) in [4.78, 5) is 12.1. The monoisotopic (exact) mass is 334 g/mol. The summed E-state index contributed by atoms with van der Waals surface area (Å²) in [6, 6.07) is 12.5. The highest BCUT2D eigenvalue weighted by Gasteiger charge is 2.10. The number of nitrogens with one attached hydrogen (secondary N) is 2. The highest BCUT2D eigenvalue weighted by Crippen LogP contribution is 2.24. The third-order valence-corrected chi connectivity index (χ3v) is 3.45. The number of hydrogen-bond acceptors (Lipinski definition) is 3. The third-order valence-electron chi connectivity index (χ3n) is 2.95. The molecule has 0 saturated carbocycles. The second-order valence-electron chi connectivity index (χ2n) is 4.62. The van der Waals surface area contributed by atoms with Gasteiger partial charge in [-0.05, 0) is 49.5 Å². The van der Waals surface area contributed by atoms with Crippen molar-refractivity contribution >= 4 is 40.5 Å². The minimum absolute atomic E-state index is 0.223. The maximum absolute atomic E-state index is 12.1. The van der Waals surface area contributed by atoms with Gasteiger partial charge in [-0.3, -0.25) is 10.1 Å². The highest BCUT2D eigenvalue weighted by molar-refractivity contribution is 7.80. The predicted molar refractivity (Wildman–Crippen MR) is 92.9 cm³/mol. The normalized spacial score (nSPS) is 9.95. The van der Waals surface area contributed by atoms with Crippen LogP contribution in [0.25, 0.3) is 0 Å². The van der Waals surface area contributed by atoms with E-state index in [1.165, 1.54) is 13.2 Å². The molecule has 6 heteroatoms. The van der Waals surface area contributed by atoms with E-state index >= 15 is 0 Å². The molecular formula is C16H15ClN2O2S. The highest BCUT2D eigenvalue weighted by atomic mass is 35.5. The van der Waals surface area contributed by atoms with Crippen molar-refractivity contribution in [1.29, 1.82) is 0 Å². The zero-order chi connectivity index (χ0) is 16.1. The molecule has 114 valence electrons. The maximum atomic E-state index is 12.1. The van der Waals surface area contributed by atoms with Gasteiger partial charge in [0, 0.05) is 11.3 Å². The van der Waals surface area contributed by atoms with Crippen molar-refractivity contribution in [3.8, 4) is 5.75 Å². The lowest BCUT2D eigenvalue weighted by Crippen LogP contribution is -2.34. The first-order valence-electron chi connectivity index (χ1n) is 6.52. The first-order chi connectivity index (χ1) is 10.5. The van der Waals surface area contributed by atoms with Gasteiger partial charge >= 0.3 is 0 Å². The molecule has 0 saturated heterocycles. The van der Waals surface area contributed by atoms with Gasteiger partial charge in [0.15, 0.2) is 5.11 Å². The van der Waals surface area contributed by atoms with Crippen LogP contribution in [0.15, 0.2) is 42.5 Å². The number of ether oxygens (including phenoxy) is 1. The minimum atomic E-state index is -0.339. The average molecular weight is 335 g/mol. The Morgan fingerprint density at radius 3 is 2.45 bits per heavy atom. The minimum Gasteiger partial charge on any atom is -0.495 e. The van der Waals surface area contributed by atoms with Crippen LogP contribution in [-0.2, 0) is 0 Å². The molecule has 0 heterocycles. The Hall–Kier alpha value is -2.11. The molecule has 1 amide bonds. The number of aryl methyl sites for hydroxylation is 1. The SMILES string of the molecule is COc1ccc(C(=O)NC(=S)Nc2ccc(C)cc2)cc1Cl. The maximum Gasteiger partial charge on any atom is 0.257 e. The number of thiocarbonyl (C=S) groups is 1. The molecule has 0 fully saturated rings. The Bertz CT molecular complexity index is 702. The number of halogens is 1. The van der Waals surface area contributed by atoms with Crippen molar-refractivity contribution in [3.05, 3.63) is 58.6 Å². The third kappa shape index (κ3) is 4.19. The predicted octanol–water partition coefficient (Wildman–Crippen LogP) is 3.78. The average Bonchev–Trinajstić information content (AvgIpc) is 2.49. The molecule has 4 nitrogen and oxygen atoms in total. The van der Waals surface area contributed by atoms with E-state index in [0.717, 1.165) is 11.3 Å². The van der Waals surface area contributed by atoms with Gasteiger partial charge in [-0.15, -0.1) is 0 Å². The van der Waals surface area contributed by atoms with Crippen LogP contribution in [-0.4, -0.2) is 18.1 Å². The zero-order valence-electron chi connectivity index (χ0n) is 12.1. The van der Waals surface area contributed by atoms with Crippen molar-refractivity contribution in [1.82, 2.24) is 5.32 Å². The summed E-state index contributed by atoms with van der Waals surface area (Å²) < 4.78 is 5.05. The van der Waals surface area contributed by atoms with E-state index in [2.05, 4.69) is 10.6 Å². The second kappa shape index (κ2) is 7.24. The number of anilines is 1. The smallest absolute Gasteiger partial charge is 0.257 e. The summed E-state index contributed by atoms with van der Waals surface area (Å²) in [5.41, 5.74) is 2.36. The first kappa shape index (κ1) is 16.3. The van der Waals surface area contributed by atoms with E-state index in [1.807, 2.05) is 31.2 Å². The van der Waals surface area contributed by atoms with Crippen molar-refractivity contribution in [2.45, 2.75) is 6.92 Å². The van der Waals surface area contributed by atoms with Crippen molar-refractivity contribution < 1.29 is 9.53 Å². The number of hydrogen-bond donors (Lipinski definition) is 2. The zero-order valence-corrected chi connectivity index (χ0v) is 13.7. The molecule has 0 aliphatic carbocycles. The van der Waals surface area contributed by atoms with Gasteiger partial charge in [-0.25, -0.2) is 0 Å². The summed E-state index contributed by atoms with van der Waals surface area (Å²) in [6.07, 6.45) is 0. The summed E-state index contributed by atoms with van der Waals surface area (Å²) in [5, 5.41) is 6.15.